The maximum Gasteiger partial charge on any atom is 0.322 e. The minimum absolute atomic E-state index is 0.326. The third-order valence-electron chi connectivity index (χ3n) is 2.58. The van der Waals surface area contributed by atoms with Gasteiger partial charge in [0.15, 0.2) is 0 Å². The molecular formula is C11H20N4O2S. The molecule has 1 unspecified atom stereocenters. The monoisotopic (exact) mass is 272 g/mol. The van der Waals surface area contributed by atoms with Gasteiger partial charge in [-0.1, -0.05) is 0 Å². The summed E-state index contributed by atoms with van der Waals surface area (Å²) in [5, 5.41) is 8.05. The summed E-state index contributed by atoms with van der Waals surface area (Å²) < 4.78 is 6.80. The Morgan fingerprint density at radius 1 is 1.56 bits per heavy atom. The normalized spacial score (nSPS) is 12.4. The highest BCUT2D eigenvalue weighted by atomic mass is 32.2. The van der Waals surface area contributed by atoms with Crippen molar-refractivity contribution in [3.05, 3.63) is 11.6 Å². The van der Waals surface area contributed by atoms with Gasteiger partial charge in [-0.25, -0.2) is 0 Å². The van der Waals surface area contributed by atoms with Crippen molar-refractivity contribution in [2.24, 2.45) is 12.8 Å². The van der Waals surface area contributed by atoms with Crippen molar-refractivity contribution in [3.63, 3.8) is 0 Å². The summed E-state index contributed by atoms with van der Waals surface area (Å²) in [5.74, 6) is 3.07. The van der Waals surface area contributed by atoms with Crippen LogP contribution in [0.5, 0.6) is 0 Å². The summed E-state index contributed by atoms with van der Waals surface area (Å²) in [6, 6.07) is -0.529. The van der Waals surface area contributed by atoms with E-state index in [4.69, 9.17) is 10.5 Å². The molecule has 1 aromatic heterocycles. The lowest BCUT2D eigenvalue weighted by atomic mass is 10.2. The fourth-order valence-corrected chi connectivity index (χ4v) is 2.32. The Kier molecular flexibility index (Phi) is 6.14. The van der Waals surface area contributed by atoms with Crippen LogP contribution in [-0.2, 0) is 22.3 Å². The van der Waals surface area contributed by atoms with Crippen LogP contribution in [0, 0.1) is 6.92 Å². The maximum atomic E-state index is 11.3. The number of carbonyl (C=O) groups is 1. The molecule has 102 valence electrons. The van der Waals surface area contributed by atoms with E-state index in [0.29, 0.717) is 13.0 Å². The smallest absolute Gasteiger partial charge is 0.322 e. The zero-order valence-corrected chi connectivity index (χ0v) is 11.9. The van der Waals surface area contributed by atoms with Crippen molar-refractivity contribution in [1.82, 2.24) is 14.8 Å². The van der Waals surface area contributed by atoms with E-state index in [1.807, 2.05) is 18.5 Å². The van der Waals surface area contributed by atoms with Gasteiger partial charge in [0.05, 0.1) is 12.4 Å². The predicted octanol–water partition coefficient (Wildman–Crippen LogP) is 0.637. The molecule has 0 amide bonds. The summed E-state index contributed by atoms with van der Waals surface area (Å²) >= 11 is 1.69. The van der Waals surface area contributed by atoms with Gasteiger partial charge in [-0.15, -0.1) is 10.2 Å². The molecule has 0 aromatic carbocycles. The van der Waals surface area contributed by atoms with Gasteiger partial charge in [0.1, 0.15) is 17.7 Å². The number of thioether (sulfide) groups is 1. The lowest BCUT2D eigenvalue weighted by Gasteiger charge is -2.09. The van der Waals surface area contributed by atoms with E-state index >= 15 is 0 Å². The second kappa shape index (κ2) is 7.38. The summed E-state index contributed by atoms with van der Waals surface area (Å²) in [6.07, 6.45) is 0.611. The van der Waals surface area contributed by atoms with Crippen LogP contribution in [0.15, 0.2) is 0 Å². The van der Waals surface area contributed by atoms with E-state index in [1.165, 1.54) is 0 Å². The maximum absolute atomic E-state index is 11.3. The van der Waals surface area contributed by atoms with E-state index in [2.05, 4.69) is 10.2 Å². The van der Waals surface area contributed by atoms with Gasteiger partial charge in [-0.2, -0.15) is 11.8 Å². The second-order valence-electron chi connectivity index (χ2n) is 3.92. The Morgan fingerprint density at radius 3 is 2.83 bits per heavy atom. The zero-order valence-electron chi connectivity index (χ0n) is 11.0. The molecule has 1 heterocycles. The molecule has 0 fully saturated rings. The molecule has 0 bridgehead atoms. The van der Waals surface area contributed by atoms with Crippen LogP contribution in [0.3, 0.4) is 0 Å². The van der Waals surface area contributed by atoms with Crippen LogP contribution in [0.1, 0.15) is 25.0 Å². The van der Waals surface area contributed by atoms with Crippen LogP contribution in [0.25, 0.3) is 0 Å². The van der Waals surface area contributed by atoms with Gasteiger partial charge in [0, 0.05) is 7.05 Å². The molecule has 0 saturated heterocycles. The van der Waals surface area contributed by atoms with Crippen LogP contribution in [0.4, 0.5) is 0 Å². The quantitative estimate of drug-likeness (QED) is 0.579. The molecular weight excluding hydrogens is 252 g/mol. The molecule has 0 aliphatic heterocycles. The standard InChI is InChI=1S/C11H20N4O2S/c1-4-17-11(16)9(12)5-6-18-7-10-14-13-8(2)15(10)3/h9H,4-7,12H2,1-3H3. The average molecular weight is 272 g/mol. The van der Waals surface area contributed by atoms with Gasteiger partial charge >= 0.3 is 5.97 Å². The molecule has 1 atom stereocenters. The van der Waals surface area contributed by atoms with Gasteiger partial charge in [0.25, 0.3) is 0 Å². The van der Waals surface area contributed by atoms with Gasteiger partial charge < -0.3 is 15.0 Å². The van der Waals surface area contributed by atoms with Crippen LogP contribution in [-0.4, -0.2) is 39.1 Å². The number of nitrogens with zero attached hydrogens (tertiary/aromatic N) is 3. The number of aryl methyl sites for hydroxylation is 1. The van der Waals surface area contributed by atoms with Gasteiger partial charge in [0.2, 0.25) is 0 Å². The first-order valence-electron chi connectivity index (χ1n) is 5.91. The molecule has 1 rings (SSSR count). The molecule has 0 saturated carbocycles. The number of ether oxygens (including phenoxy) is 1. The molecule has 0 radical (unpaired) electrons. The van der Waals surface area contributed by atoms with Gasteiger partial charge in [-0.3, -0.25) is 4.79 Å². The van der Waals surface area contributed by atoms with E-state index in [0.717, 1.165) is 23.2 Å². The number of nitrogens with two attached hydrogens (primary N) is 1. The Bertz CT molecular complexity index is 394. The minimum atomic E-state index is -0.529. The Morgan fingerprint density at radius 2 is 2.28 bits per heavy atom. The Balaban J connectivity index is 2.23. The fourth-order valence-electron chi connectivity index (χ4n) is 1.32. The topological polar surface area (TPSA) is 83.0 Å². The Labute approximate surface area is 111 Å². The Hall–Kier alpha value is -1.08. The lowest BCUT2D eigenvalue weighted by molar-refractivity contribution is -0.144. The first kappa shape index (κ1) is 15.0. The lowest BCUT2D eigenvalue weighted by Crippen LogP contribution is -2.32. The molecule has 2 N–H and O–H groups in total. The van der Waals surface area contributed by atoms with E-state index in [-0.39, 0.29) is 5.97 Å². The van der Waals surface area contributed by atoms with Gasteiger partial charge in [-0.05, 0) is 26.0 Å². The molecule has 0 aliphatic rings. The number of carbonyl (C=O) groups excluding carboxylic acids is 1. The van der Waals surface area contributed by atoms with Crippen molar-refractivity contribution in [2.75, 3.05) is 12.4 Å². The van der Waals surface area contributed by atoms with Crippen LogP contribution in [0.2, 0.25) is 0 Å². The van der Waals surface area contributed by atoms with Crippen molar-refractivity contribution in [3.8, 4) is 0 Å². The SMILES string of the molecule is CCOC(=O)C(N)CCSCc1nnc(C)n1C. The molecule has 7 heteroatoms. The predicted molar refractivity (Wildman–Crippen MR) is 71.1 cm³/mol. The molecule has 0 aliphatic carbocycles. The highest BCUT2D eigenvalue weighted by molar-refractivity contribution is 7.98. The van der Waals surface area contributed by atoms with Crippen LogP contribution < -0.4 is 5.73 Å². The molecule has 1 aromatic rings. The van der Waals surface area contributed by atoms with Crippen molar-refractivity contribution >= 4 is 17.7 Å². The first-order valence-corrected chi connectivity index (χ1v) is 7.06. The number of aromatic nitrogens is 3. The number of rotatable bonds is 7. The number of hydrogen-bond acceptors (Lipinski definition) is 6. The highest BCUT2D eigenvalue weighted by Crippen LogP contribution is 2.12. The van der Waals surface area contributed by atoms with Crippen molar-refractivity contribution in [2.45, 2.75) is 32.1 Å². The second-order valence-corrected chi connectivity index (χ2v) is 5.03. The zero-order chi connectivity index (χ0) is 13.5. The summed E-state index contributed by atoms with van der Waals surface area (Å²) in [4.78, 5) is 11.3. The molecule has 18 heavy (non-hydrogen) atoms. The number of esters is 1. The van der Waals surface area contributed by atoms with E-state index in [1.54, 1.807) is 18.7 Å². The van der Waals surface area contributed by atoms with Crippen LogP contribution >= 0.6 is 11.8 Å². The molecule has 6 nitrogen and oxygen atoms in total. The third kappa shape index (κ3) is 4.30. The summed E-state index contributed by atoms with van der Waals surface area (Å²) in [5.41, 5.74) is 5.70. The highest BCUT2D eigenvalue weighted by Gasteiger charge is 2.14. The summed E-state index contributed by atoms with van der Waals surface area (Å²) in [6.45, 7) is 4.06. The first-order chi connectivity index (χ1) is 8.56. The minimum Gasteiger partial charge on any atom is -0.465 e. The fraction of sp³-hybridized carbons (Fsp3) is 0.727. The van der Waals surface area contributed by atoms with E-state index in [9.17, 15) is 4.79 Å². The summed E-state index contributed by atoms with van der Waals surface area (Å²) in [7, 11) is 1.94. The van der Waals surface area contributed by atoms with Crippen molar-refractivity contribution < 1.29 is 9.53 Å². The van der Waals surface area contributed by atoms with E-state index < -0.39 is 6.04 Å². The average Bonchev–Trinajstić information content (AvgIpc) is 2.66. The van der Waals surface area contributed by atoms with Crippen molar-refractivity contribution in [1.29, 1.82) is 0 Å². The molecule has 0 spiro atoms. The third-order valence-corrected chi connectivity index (χ3v) is 3.56. The largest absolute Gasteiger partial charge is 0.465 e. The number of hydrogen-bond donors (Lipinski definition) is 1.